The monoisotopic (exact) mass is 335 g/mol. The minimum Gasteiger partial charge on any atom is -0.460 e. The van der Waals surface area contributed by atoms with Gasteiger partial charge in [0.2, 0.25) is 0 Å². The second kappa shape index (κ2) is 6.98. The molecule has 1 saturated carbocycles. The average Bonchev–Trinajstić information content (AvgIpc) is 2.94. The van der Waals surface area contributed by atoms with Gasteiger partial charge in [-0.2, -0.15) is 0 Å². The highest BCUT2D eigenvalue weighted by atomic mass is 16.6. The van der Waals surface area contributed by atoms with Gasteiger partial charge in [-0.3, -0.25) is 14.9 Å². The van der Waals surface area contributed by atoms with Crippen LogP contribution in [0.15, 0.2) is 24.3 Å². The van der Waals surface area contributed by atoms with Crippen LogP contribution in [0.4, 0.5) is 5.69 Å². The van der Waals surface area contributed by atoms with Crippen LogP contribution in [-0.4, -0.2) is 28.6 Å². The summed E-state index contributed by atoms with van der Waals surface area (Å²) in [7, 11) is 0. The highest BCUT2D eigenvalue weighted by Crippen LogP contribution is 2.30. The van der Waals surface area contributed by atoms with Crippen LogP contribution in [0, 0.1) is 16.0 Å². The first kappa shape index (κ1) is 17.9. The largest absolute Gasteiger partial charge is 0.460 e. The van der Waals surface area contributed by atoms with E-state index < -0.39 is 16.5 Å². The molecule has 0 aliphatic heterocycles. The molecule has 1 aromatic rings. The molecule has 2 unspecified atom stereocenters. The van der Waals surface area contributed by atoms with Crippen molar-refractivity contribution in [3.05, 3.63) is 39.9 Å². The van der Waals surface area contributed by atoms with E-state index in [4.69, 9.17) is 9.47 Å². The summed E-state index contributed by atoms with van der Waals surface area (Å²) in [4.78, 5) is 34.2. The second-order valence-electron chi connectivity index (χ2n) is 6.87. The first-order valence-electron chi connectivity index (χ1n) is 7.84. The topological polar surface area (TPSA) is 95.7 Å². The lowest BCUT2D eigenvalue weighted by Gasteiger charge is -2.22. The molecule has 24 heavy (non-hydrogen) atoms. The number of nitrogens with zero attached hydrogens (tertiary/aromatic N) is 1. The molecule has 2 atom stereocenters. The number of non-ortho nitro benzene ring substituents is 1. The zero-order chi connectivity index (χ0) is 17.9. The van der Waals surface area contributed by atoms with Gasteiger partial charge in [0.05, 0.1) is 16.4 Å². The van der Waals surface area contributed by atoms with Gasteiger partial charge in [-0.25, -0.2) is 4.79 Å². The molecular weight excluding hydrogens is 314 g/mol. The third-order valence-electron chi connectivity index (χ3n) is 3.71. The summed E-state index contributed by atoms with van der Waals surface area (Å²) in [5, 5.41) is 10.6. The first-order valence-corrected chi connectivity index (χ1v) is 7.84. The van der Waals surface area contributed by atoms with E-state index in [-0.39, 0.29) is 29.2 Å². The molecule has 2 rings (SSSR count). The van der Waals surface area contributed by atoms with E-state index in [1.54, 1.807) is 0 Å². The van der Waals surface area contributed by atoms with Crippen molar-refractivity contribution in [1.29, 1.82) is 0 Å². The van der Waals surface area contributed by atoms with E-state index in [0.717, 1.165) is 0 Å². The minimum atomic E-state index is -0.542. The Bertz CT molecular complexity index is 631. The number of ether oxygens (including phenoxy) is 2. The summed E-state index contributed by atoms with van der Waals surface area (Å²) in [6.07, 6.45) is 1.31. The van der Waals surface area contributed by atoms with Crippen molar-refractivity contribution in [3.63, 3.8) is 0 Å². The standard InChI is InChI=1S/C17H21NO6/c1-17(2,3)24-16(20)12-6-9-14(10-12)23-15(19)11-4-7-13(8-5-11)18(21)22/h4-5,7-8,12,14H,6,9-10H2,1-3H3. The predicted octanol–water partition coefficient (Wildman–Crippen LogP) is 3.26. The molecule has 7 nitrogen and oxygen atoms in total. The molecular formula is C17H21NO6. The van der Waals surface area contributed by atoms with Crippen LogP contribution in [0.2, 0.25) is 0 Å². The van der Waals surface area contributed by atoms with Gasteiger partial charge < -0.3 is 9.47 Å². The summed E-state index contributed by atoms with van der Waals surface area (Å²) in [5.74, 6) is -1.07. The molecule has 1 aliphatic carbocycles. The van der Waals surface area contributed by atoms with Crippen molar-refractivity contribution in [1.82, 2.24) is 0 Å². The number of carbonyl (C=O) groups excluding carboxylic acids is 2. The molecule has 0 radical (unpaired) electrons. The first-order chi connectivity index (χ1) is 11.2. The van der Waals surface area contributed by atoms with E-state index in [1.165, 1.54) is 24.3 Å². The van der Waals surface area contributed by atoms with Crippen molar-refractivity contribution < 1.29 is 24.0 Å². The van der Waals surface area contributed by atoms with Gasteiger partial charge in [-0.05, 0) is 52.2 Å². The van der Waals surface area contributed by atoms with Crippen LogP contribution in [0.3, 0.4) is 0 Å². The van der Waals surface area contributed by atoms with Crippen molar-refractivity contribution in [2.75, 3.05) is 0 Å². The number of rotatable bonds is 4. The van der Waals surface area contributed by atoms with Gasteiger partial charge in [0.25, 0.3) is 5.69 Å². The van der Waals surface area contributed by atoms with Gasteiger partial charge in [0.15, 0.2) is 0 Å². The molecule has 1 fully saturated rings. The fourth-order valence-corrected chi connectivity index (χ4v) is 2.58. The Morgan fingerprint density at radius 1 is 1.17 bits per heavy atom. The maximum atomic E-state index is 12.1. The number of carbonyl (C=O) groups is 2. The van der Waals surface area contributed by atoms with Crippen molar-refractivity contribution >= 4 is 17.6 Å². The Balaban J connectivity index is 1.89. The number of benzene rings is 1. The third kappa shape index (κ3) is 4.78. The molecule has 0 N–H and O–H groups in total. The summed E-state index contributed by atoms with van der Waals surface area (Å²) >= 11 is 0. The highest BCUT2D eigenvalue weighted by molar-refractivity contribution is 5.89. The fraction of sp³-hybridized carbons (Fsp3) is 0.529. The normalized spacial score (nSPS) is 20.5. The van der Waals surface area contributed by atoms with Crippen molar-refractivity contribution in [3.8, 4) is 0 Å². The Labute approximate surface area is 140 Å². The van der Waals surface area contributed by atoms with Crippen LogP contribution in [0.5, 0.6) is 0 Å². The van der Waals surface area contributed by atoms with E-state index >= 15 is 0 Å². The predicted molar refractivity (Wildman–Crippen MR) is 85.5 cm³/mol. The van der Waals surface area contributed by atoms with Crippen LogP contribution < -0.4 is 0 Å². The van der Waals surface area contributed by atoms with Gasteiger partial charge in [-0.15, -0.1) is 0 Å². The number of esters is 2. The molecule has 0 aromatic heterocycles. The molecule has 0 heterocycles. The van der Waals surface area contributed by atoms with Crippen LogP contribution >= 0.6 is 0 Å². The Hall–Kier alpha value is -2.44. The molecule has 0 amide bonds. The SMILES string of the molecule is CC(C)(C)OC(=O)C1CCC(OC(=O)c2ccc([N+](=O)[O-])cc2)C1. The van der Waals surface area contributed by atoms with Crippen molar-refractivity contribution in [2.24, 2.45) is 5.92 Å². The minimum absolute atomic E-state index is 0.0857. The Kier molecular flexibility index (Phi) is 5.21. The average molecular weight is 335 g/mol. The molecule has 0 bridgehead atoms. The van der Waals surface area contributed by atoms with Gasteiger partial charge in [0.1, 0.15) is 11.7 Å². The molecule has 1 aromatic carbocycles. The van der Waals surface area contributed by atoms with Gasteiger partial charge in [0, 0.05) is 12.1 Å². The zero-order valence-electron chi connectivity index (χ0n) is 14.0. The summed E-state index contributed by atoms with van der Waals surface area (Å²) in [6, 6.07) is 5.24. The van der Waals surface area contributed by atoms with Crippen LogP contribution in [0.1, 0.15) is 50.4 Å². The van der Waals surface area contributed by atoms with E-state index in [9.17, 15) is 19.7 Å². The van der Waals surface area contributed by atoms with Gasteiger partial charge >= 0.3 is 11.9 Å². The van der Waals surface area contributed by atoms with E-state index in [1.807, 2.05) is 20.8 Å². The zero-order valence-corrected chi connectivity index (χ0v) is 14.0. The Morgan fingerprint density at radius 3 is 2.33 bits per heavy atom. The van der Waals surface area contributed by atoms with Crippen LogP contribution in [0.25, 0.3) is 0 Å². The van der Waals surface area contributed by atoms with E-state index in [2.05, 4.69) is 0 Å². The quantitative estimate of drug-likeness (QED) is 0.476. The number of hydrogen-bond acceptors (Lipinski definition) is 6. The number of nitro groups is 1. The number of nitro benzene ring substituents is 1. The number of hydrogen-bond donors (Lipinski definition) is 0. The molecule has 7 heteroatoms. The smallest absolute Gasteiger partial charge is 0.338 e. The fourth-order valence-electron chi connectivity index (χ4n) is 2.58. The van der Waals surface area contributed by atoms with Crippen LogP contribution in [-0.2, 0) is 14.3 Å². The molecule has 0 spiro atoms. The Morgan fingerprint density at radius 2 is 1.79 bits per heavy atom. The maximum absolute atomic E-state index is 12.1. The second-order valence-corrected chi connectivity index (χ2v) is 6.87. The lowest BCUT2D eigenvalue weighted by atomic mass is 10.1. The van der Waals surface area contributed by atoms with E-state index in [0.29, 0.717) is 19.3 Å². The maximum Gasteiger partial charge on any atom is 0.338 e. The summed E-state index contributed by atoms with van der Waals surface area (Å²) in [5.41, 5.74) is -0.372. The lowest BCUT2D eigenvalue weighted by Crippen LogP contribution is -2.28. The third-order valence-corrected chi connectivity index (χ3v) is 3.71. The molecule has 130 valence electrons. The van der Waals surface area contributed by atoms with Crippen molar-refractivity contribution in [2.45, 2.75) is 51.7 Å². The lowest BCUT2D eigenvalue weighted by molar-refractivity contribution is -0.384. The summed E-state index contributed by atoms with van der Waals surface area (Å²) < 4.78 is 10.7. The highest BCUT2D eigenvalue weighted by Gasteiger charge is 2.35. The van der Waals surface area contributed by atoms with Gasteiger partial charge in [-0.1, -0.05) is 0 Å². The summed E-state index contributed by atoms with van der Waals surface area (Å²) in [6.45, 7) is 5.43. The molecule has 1 aliphatic rings. The molecule has 0 saturated heterocycles.